The molecule has 0 saturated carbocycles. The highest BCUT2D eigenvalue weighted by Crippen LogP contribution is 2.27. The molecule has 1 fully saturated rings. The van der Waals surface area contributed by atoms with Crippen molar-refractivity contribution in [2.45, 2.75) is 6.92 Å². The molecule has 0 radical (unpaired) electrons. The Kier molecular flexibility index (Phi) is 5.47. The molecule has 2 aromatic rings. The minimum Gasteiger partial charge on any atom is -0.494 e. The van der Waals surface area contributed by atoms with Crippen LogP contribution in [0.1, 0.15) is 12.7 Å². The number of barbiturate groups is 1. The van der Waals surface area contributed by atoms with Gasteiger partial charge in [-0.2, -0.15) is 0 Å². The molecule has 1 aliphatic heterocycles. The quantitative estimate of drug-likeness (QED) is 0.370. The number of furan rings is 1. The van der Waals surface area contributed by atoms with Gasteiger partial charge in [-0.05, 0) is 59.3 Å². The first-order valence-electron chi connectivity index (χ1n) is 7.50. The molecule has 1 aromatic heterocycles. The zero-order valence-corrected chi connectivity index (χ0v) is 17.2. The van der Waals surface area contributed by atoms with Crippen LogP contribution in [0, 0.1) is 3.77 Å². The second kappa shape index (κ2) is 7.62. The predicted octanol–water partition coefficient (Wildman–Crippen LogP) is 3.71. The summed E-state index contributed by atoms with van der Waals surface area (Å²) < 4.78 is 12.1. The topological polar surface area (TPSA) is 88.8 Å². The van der Waals surface area contributed by atoms with Crippen LogP contribution in [-0.2, 0) is 9.59 Å². The third kappa shape index (κ3) is 3.68. The SMILES string of the molecule is CCOc1ccc(N2C(=O)NC(=O)/C(=C\c3cc(Br)c(I)o3)C2=O)cc1. The predicted molar refractivity (Wildman–Crippen MR) is 106 cm³/mol. The highest BCUT2D eigenvalue weighted by atomic mass is 127. The average Bonchev–Trinajstić information content (AvgIpc) is 2.91. The Labute approximate surface area is 170 Å². The Balaban J connectivity index is 1.95. The van der Waals surface area contributed by atoms with Crippen LogP contribution in [-0.4, -0.2) is 24.5 Å². The van der Waals surface area contributed by atoms with Gasteiger partial charge >= 0.3 is 6.03 Å². The van der Waals surface area contributed by atoms with E-state index in [0.717, 1.165) is 4.90 Å². The molecule has 1 saturated heterocycles. The zero-order chi connectivity index (χ0) is 18.8. The lowest BCUT2D eigenvalue weighted by Gasteiger charge is -2.26. The van der Waals surface area contributed by atoms with Crippen molar-refractivity contribution in [3.05, 3.63) is 49.9 Å². The Morgan fingerprint density at radius 1 is 1.27 bits per heavy atom. The molecule has 1 aromatic carbocycles. The third-order valence-electron chi connectivity index (χ3n) is 3.46. The van der Waals surface area contributed by atoms with Crippen molar-refractivity contribution >= 4 is 68.1 Å². The summed E-state index contributed by atoms with van der Waals surface area (Å²) in [6.45, 7) is 2.35. The van der Waals surface area contributed by atoms with Crippen LogP contribution in [0.3, 0.4) is 0 Å². The molecule has 7 nitrogen and oxygen atoms in total. The van der Waals surface area contributed by atoms with Crippen LogP contribution in [0.5, 0.6) is 5.75 Å². The molecular formula is C17H12BrIN2O5. The Morgan fingerprint density at radius 2 is 1.96 bits per heavy atom. The summed E-state index contributed by atoms with van der Waals surface area (Å²) in [7, 11) is 0. The van der Waals surface area contributed by atoms with Gasteiger partial charge in [0.2, 0.25) is 0 Å². The highest BCUT2D eigenvalue weighted by molar-refractivity contribution is 14.1. The summed E-state index contributed by atoms with van der Waals surface area (Å²) in [5.41, 5.74) is 0.126. The molecule has 0 spiro atoms. The fourth-order valence-corrected chi connectivity index (χ4v) is 3.04. The van der Waals surface area contributed by atoms with Gasteiger partial charge in [0.1, 0.15) is 17.1 Å². The number of hydrogen-bond donors (Lipinski definition) is 1. The van der Waals surface area contributed by atoms with Gasteiger partial charge < -0.3 is 9.15 Å². The number of imide groups is 2. The standard InChI is InChI=1S/C17H12BrIN2O5/c1-2-25-10-5-3-9(4-6-10)21-16(23)12(15(22)20-17(21)24)7-11-8-13(18)14(19)26-11/h3-8H,2H2,1H3,(H,20,22,24)/b12-7+. The first-order valence-corrected chi connectivity index (χ1v) is 9.37. The zero-order valence-electron chi connectivity index (χ0n) is 13.4. The van der Waals surface area contributed by atoms with Gasteiger partial charge in [-0.15, -0.1) is 0 Å². The summed E-state index contributed by atoms with van der Waals surface area (Å²) in [4.78, 5) is 37.9. The van der Waals surface area contributed by atoms with Crippen molar-refractivity contribution in [1.29, 1.82) is 0 Å². The van der Waals surface area contributed by atoms with Gasteiger partial charge in [0.25, 0.3) is 11.8 Å². The van der Waals surface area contributed by atoms with E-state index in [-0.39, 0.29) is 5.57 Å². The van der Waals surface area contributed by atoms with Crippen LogP contribution >= 0.6 is 38.5 Å². The highest BCUT2D eigenvalue weighted by Gasteiger charge is 2.37. The van der Waals surface area contributed by atoms with Crippen molar-refractivity contribution in [1.82, 2.24) is 5.32 Å². The number of nitrogens with zero attached hydrogens (tertiary/aromatic N) is 1. The lowest BCUT2D eigenvalue weighted by Crippen LogP contribution is -2.54. The number of urea groups is 1. The fraction of sp³-hybridized carbons (Fsp3) is 0.118. The Hall–Kier alpha value is -2.14. The van der Waals surface area contributed by atoms with Crippen LogP contribution in [0.4, 0.5) is 10.5 Å². The smallest absolute Gasteiger partial charge is 0.335 e. The number of benzene rings is 1. The molecule has 1 N–H and O–H groups in total. The number of carbonyl (C=O) groups is 3. The normalized spacial score (nSPS) is 16.2. The van der Waals surface area contributed by atoms with E-state index in [4.69, 9.17) is 9.15 Å². The Bertz CT molecular complexity index is 900. The van der Waals surface area contributed by atoms with Crippen molar-refractivity contribution in [3.63, 3.8) is 0 Å². The molecule has 26 heavy (non-hydrogen) atoms. The monoisotopic (exact) mass is 530 g/mol. The van der Waals surface area contributed by atoms with Gasteiger partial charge in [-0.3, -0.25) is 14.9 Å². The van der Waals surface area contributed by atoms with E-state index in [9.17, 15) is 14.4 Å². The van der Waals surface area contributed by atoms with E-state index in [1.165, 1.54) is 6.08 Å². The molecule has 1 aliphatic rings. The maximum atomic E-state index is 12.7. The molecule has 0 atom stereocenters. The number of hydrogen-bond acceptors (Lipinski definition) is 5. The summed E-state index contributed by atoms with van der Waals surface area (Å²) in [5.74, 6) is -0.570. The third-order valence-corrected chi connectivity index (χ3v) is 5.59. The van der Waals surface area contributed by atoms with Gasteiger partial charge in [-0.25, -0.2) is 9.69 Å². The van der Waals surface area contributed by atoms with Gasteiger partial charge in [0.15, 0.2) is 3.77 Å². The van der Waals surface area contributed by atoms with Crippen LogP contribution in [0.15, 0.2) is 44.8 Å². The minimum atomic E-state index is -0.809. The van der Waals surface area contributed by atoms with Crippen LogP contribution in [0.2, 0.25) is 0 Å². The maximum Gasteiger partial charge on any atom is 0.335 e. The first-order chi connectivity index (χ1) is 12.4. The molecule has 0 unspecified atom stereocenters. The second-order valence-electron chi connectivity index (χ2n) is 5.16. The van der Waals surface area contributed by atoms with Gasteiger partial charge in [0, 0.05) is 22.6 Å². The van der Waals surface area contributed by atoms with E-state index in [1.807, 2.05) is 29.5 Å². The minimum absolute atomic E-state index is 0.198. The maximum absolute atomic E-state index is 12.7. The van der Waals surface area contributed by atoms with Crippen molar-refractivity contribution in [2.24, 2.45) is 0 Å². The molecule has 0 aliphatic carbocycles. The first kappa shape index (κ1) is 18.6. The van der Waals surface area contributed by atoms with E-state index in [0.29, 0.717) is 32.0 Å². The van der Waals surface area contributed by atoms with Crippen LogP contribution < -0.4 is 15.0 Å². The van der Waals surface area contributed by atoms with E-state index >= 15 is 0 Å². The van der Waals surface area contributed by atoms with Gasteiger partial charge in [0.05, 0.1) is 16.8 Å². The Morgan fingerprint density at radius 3 is 2.54 bits per heavy atom. The fourth-order valence-electron chi connectivity index (χ4n) is 2.33. The van der Waals surface area contributed by atoms with Gasteiger partial charge in [-0.1, -0.05) is 0 Å². The summed E-state index contributed by atoms with van der Waals surface area (Å²) >= 11 is 5.27. The summed E-state index contributed by atoms with van der Waals surface area (Å²) in [6.07, 6.45) is 1.30. The van der Waals surface area contributed by atoms with Crippen molar-refractivity contribution in [3.8, 4) is 5.75 Å². The number of nitrogens with one attached hydrogen (secondary N) is 1. The van der Waals surface area contributed by atoms with E-state index in [2.05, 4.69) is 21.2 Å². The number of ether oxygens (including phenoxy) is 1. The molecule has 4 amide bonds. The number of amides is 4. The molecule has 3 rings (SSSR count). The molecule has 134 valence electrons. The lowest BCUT2D eigenvalue weighted by atomic mass is 10.1. The van der Waals surface area contributed by atoms with Crippen molar-refractivity contribution < 1.29 is 23.5 Å². The second-order valence-corrected chi connectivity index (χ2v) is 6.99. The van der Waals surface area contributed by atoms with Crippen LogP contribution in [0.25, 0.3) is 6.08 Å². The average molecular weight is 531 g/mol. The molecular weight excluding hydrogens is 519 g/mol. The molecule has 9 heteroatoms. The number of rotatable bonds is 4. The molecule has 2 heterocycles. The van der Waals surface area contributed by atoms with E-state index in [1.54, 1.807) is 30.3 Å². The lowest BCUT2D eigenvalue weighted by molar-refractivity contribution is -0.122. The van der Waals surface area contributed by atoms with Crippen molar-refractivity contribution in [2.75, 3.05) is 11.5 Å². The number of halogens is 2. The van der Waals surface area contributed by atoms with E-state index < -0.39 is 17.8 Å². The number of anilines is 1. The number of carbonyl (C=O) groups excluding carboxylic acids is 3. The molecule has 0 bridgehead atoms. The summed E-state index contributed by atoms with van der Waals surface area (Å²) in [5, 5.41) is 2.16. The summed E-state index contributed by atoms with van der Waals surface area (Å²) in [6, 6.07) is 7.25. The largest absolute Gasteiger partial charge is 0.494 e.